The molecule has 1 N–H and O–H groups in total. The van der Waals surface area contributed by atoms with Crippen molar-refractivity contribution in [2.24, 2.45) is 0 Å². The van der Waals surface area contributed by atoms with Crippen LogP contribution in [0.3, 0.4) is 0 Å². The zero-order chi connectivity index (χ0) is 13.9. The van der Waals surface area contributed by atoms with Crippen LogP contribution in [0.2, 0.25) is 0 Å². The average molecular weight is 293 g/mol. The molecule has 1 heterocycles. The van der Waals surface area contributed by atoms with Crippen molar-refractivity contribution in [2.75, 3.05) is 25.6 Å². The van der Waals surface area contributed by atoms with Gasteiger partial charge < -0.3 is 9.52 Å². The third-order valence-electron chi connectivity index (χ3n) is 2.38. The average Bonchev–Trinajstić information content (AvgIpc) is 2.68. The third-order valence-corrected chi connectivity index (χ3v) is 4.94. The molecule has 0 amide bonds. The molecule has 0 saturated heterocycles. The first-order valence-corrected chi connectivity index (χ1v) is 7.93. The van der Waals surface area contributed by atoms with E-state index in [0.717, 1.165) is 6.07 Å². The highest BCUT2D eigenvalue weighted by atomic mass is 32.2. The van der Waals surface area contributed by atoms with E-state index < -0.39 is 16.0 Å². The SMILES string of the molecule is CSCCN(C)S(=O)(=O)c1cc(C(=O)O)oc1C. The molecule has 0 fully saturated rings. The summed E-state index contributed by atoms with van der Waals surface area (Å²) in [5.41, 5.74) is 0. The Morgan fingerprint density at radius 1 is 1.56 bits per heavy atom. The molecule has 0 bridgehead atoms. The summed E-state index contributed by atoms with van der Waals surface area (Å²) in [5.74, 6) is -0.905. The first-order valence-electron chi connectivity index (χ1n) is 5.09. The molecule has 0 aliphatic carbocycles. The molecule has 0 saturated carbocycles. The summed E-state index contributed by atoms with van der Waals surface area (Å²) in [6.07, 6.45) is 1.88. The first-order chi connectivity index (χ1) is 8.30. The second-order valence-electron chi connectivity index (χ2n) is 3.66. The van der Waals surface area contributed by atoms with Gasteiger partial charge >= 0.3 is 5.97 Å². The van der Waals surface area contributed by atoms with Crippen LogP contribution in [-0.2, 0) is 10.0 Å². The molecule has 0 aliphatic heterocycles. The lowest BCUT2D eigenvalue weighted by Crippen LogP contribution is -2.29. The van der Waals surface area contributed by atoms with Gasteiger partial charge in [0, 0.05) is 25.4 Å². The molecule has 1 aromatic heterocycles. The highest BCUT2D eigenvalue weighted by Crippen LogP contribution is 2.23. The third kappa shape index (κ3) is 3.06. The minimum Gasteiger partial charge on any atom is -0.475 e. The topological polar surface area (TPSA) is 87.8 Å². The van der Waals surface area contributed by atoms with Crippen LogP contribution in [-0.4, -0.2) is 49.4 Å². The number of hydrogen-bond donors (Lipinski definition) is 1. The summed E-state index contributed by atoms with van der Waals surface area (Å²) >= 11 is 1.53. The van der Waals surface area contributed by atoms with Crippen LogP contribution in [0.1, 0.15) is 16.3 Å². The summed E-state index contributed by atoms with van der Waals surface area (Å²) < 4.78 is 30.4. The summed E-state index contributed by atoms with van der Waals surface area (Å²) in [7, 11) is -2.23. The monoisotopic (exact) mass is 293 g/mol. The fourth-order valence-electron chi connectivity index (χ4n) is 1.33. The minimum absolute atomic E-state index is 0.0865. The van der Waals surface area contributed by atoms with E-state index in [1.807, 2.05) is 6.26 Å². The van der Waals surface area contributed by atoms with Crippen LogP contribution < -0.4 is 0 Å². The number of furan rings is 1. The maximum Gasteiger partial charge on any atom is 0.371 e. The number of aromatic carboxylic acids is 1. The molecule has 0 atom stereocenters. The molecule has 102 valence electrons. The Bertz CT molecular complexity index is 534. The largest absolute Gasteiger partial charge is 0.475 e. The van der Waals surface area contributed by atoms with Crippen molar-refractivity contribution in [3.8, 4) is 0 Å². The van der Waals surface area contributed by atoms with Crippen LogP contribution >= 0.6 is 11.8 Å². The van der Waals surface area contributed by atoms with Gasteiger partial charge in [0.2, 0.25) is 15.8 Å². The van der Waals surface area contributed by atoms with Crippen LogP contribution in [0, 0.1) is 6.92 Å². The first kappa shape index (κ1) is 15.1. The number of aryl methyl sites for hydroxylation is 1. The normalized spacial score (nSPS) is 12.0. The zero-order valence-electron chi connectivity index (χ0n) is 10.3. The van der Waals surface area contributed by atoms with Crippen molar-refractivity contribution in [3.05, 3.63) is 17.6 Å². The Morgan fingerprint density at radius 2 is 2.17 bits per heavy atom. The molecule has 0 aromatic carbocycles. The van der Waals surface area contributed by atoms with Gasteiger partial charge in [0.05, 0.1) is 0 Å². The predicted octanol–water partition coefficient (Wildman–Crippen LogP) is 1.27. The van der Waals surface area contributed by atoms with Crippen molar-refractivity contribution in [2.45, 2.75) is 11.8 Å². The molecule has 0 radical (unpaired) electrons. The number of hydrogen-bond acceptors (Lipinski definition) is 5. The summed E-state index contributed by atoms with van der Waals surface area (Å²) in [6.45, 7) is 1.79. The van der Waals surface area contributed by atoms with Crippen LogP contribution in [0.25, 0.3) is 0 Å². The zero-order valence-corrected chi connectivity index (χ0v) is 12.0. The molecule has 0 aliphatic rings. The quantitative estimate of drug-likeness (QED) is 0.849. The Hall–Kier alpha value is -0.990. The van der Waals surface area contributed by atoms with Gasteiger partial charge in [-0.05, 0) is 13.2 Å². The van der Waals surface area contributed by atoms with E-state index in [4.69, 9.17) is 9.52 Å². The second-order valence-corrected chi connectivity index (χ2v) is 6.65. The molecule has 8 heteroatoms. The van der Waals surface area contributed by atoms with Crippen molar-refractivity contribution in [1.82, 2.24) is 4.31 Å². The van der Waals surface area contributed by atoms with Crippen molar-refractivity contribution in [3.63, 3.8) is 0 Å². The Labute approximate surface area is 110 Å². The molecule has 0 spiro atoms. The number of thioether (sulfide) groups is 1. The van der Waals surface area contributed by atoms with Gasteiger partial charge in [-0.25, -0.2) is 13.2 Å². The van der Waals surface area contributed by atoms with Gasteiger partial charge in [0.15, 0.2) is 0 Å². The number of carboxylic acids is 1. The van der Waals surface area contributed by atoms with Crippen molar-refractivity contribution < 1.29 is 22.7 Å². The Kier molecular flexibility index (Phi) is 4.83. The highest BCUT2D eigenvalue weighted by Gasteiger charge is 2.27. The molecule has 6 nitrogen and oxygen atoms in total. The predicted molar refractivity (Wildman–Crippen MR) is 68.6 cm³/mol. The van der Waals surface area contributed by atoms with Crippen LogP contribution in [0.4, 0.5) is 0 Å². The molecule has 1 rings (SSSR count). The number of nitrogens with zero attached hydrogens (tertiary/aromatic N) is 1. The van der Waals surface area contributed by atoms with Crippen molar-refractivity contribution >= 4 is 27.8 Å². The number of carbonyl (C=O) groups is 1. The van der Waals surface area contributed by atoms with Gasteiger partial charge in [0.25, 0.3) is 0 Å². The second kappa shape index (κ2) is 5.77. The maximum atomic E-state index is 12.2. The summed E-state index contributed by atoms with van der Waals surface area (Å²) in [5, 5.41) is 8.76. The number of carboxylic acid groups (broad SMARTS) is 1. The van der Waals surface area contributed by atoms with E-state index in [2.05, 4.69) is 0 Å². The standard InChI is InChI=1S/C10H15NO5S2/c1-7-9(6-8(16-7)10(12)13)18(14,15)11(2)4-5-17-3/h6H,4-5H2,1-3H3,(H,12,13). The molecule has 18 heavy (non-hydrogen) atoms. The maximum absolute atomic E-state index is 12.2. The highest BCUT2D eigenvalue weighted by molar-refractivity contribution is 7.98. The molecule has 0 unspecified atom stereocenters. The summed E-state index contributed by atoms with van der Waals surface area (Å²) in [4.78, 5) is 10.6. The van der Waals surface area contributed by atoms with E-state index in [-0.39, 0.29) is 16.4 Å². The van der Waals surface area contributed by atoms with E-state index in [1.54, 1.807) is 0 Å². The lowest BCUT2D eigenvalue weighted by Gasteiger charge is -2.15. The Morgan fingerprint density at radius 3 is 2.61 bits per heavy atom. The van der Waals surface area contributed by atoms with Gasteiger partial charge in [-0.1, -0.05) is 0 Å². The van der Waals surface area contributed by atoms with Gasteiger partial charge in [-0.3, -0.25) is 0 Å². The van der Waals surface area contributed by atoms with E-state index in [9.17, 15) is 13.2 Å². The van der Waals surface area contributed by atoms with E-state index in [1.165, 1.54) is 30.0 Å². The van der Waals surface area contributed by atoms with Crippen LogP contribution in [0.15, 0.2) is 15.4 Å². The van der Waals surface area contributed by atoms with Gasteiger partial charge in [0.1, 0.15) is 10.7 Å². The van der Waals surface area contributed by atoms with E-state index in [0.29, 0.717) is 12.3 Å². The van der Waals surface area contributed by atoms with Crippen molar-refractivity contribution in [1.29, 1.82) is 0 Å². The van der Waals surface area contributed by atoms with Gasteiger partial charge in [-0.15, -0.1) is 0 Å². The fourth-order valence-corrected chi connectivity index (χ4v) is 3.24. The molecule has 1 aromatic rings. The Balaban J connectivity index is 3.08. The smallest absolute Gasteiger partial charge is 0.371 e. The number of sulfonamides is 1. The minimum atomic E-state index is -3.69. The number of rotatable bonds is 6. The lowest BCUT2D eigenvalue weighted by molar-refractivity contribution is 0.0661. The molecular formula is C10H15NO5S2. The van der Waals surface area contributed by atoms with Crippen LogP contribution in [0.5, 0.6) is 0 Å². The molecular weight excluding hydrogens is 278 g/mol. The fraction of sp³-hybridized carbons (Fsp3) is 0.500. The van der Waals surface area contributed by atoms with E-state index >= 15 is 0 Å². The van der Waals surface area contributed by atoms with Gasteiger partial charge in [-0.2, -0.15) is 16.1 Å². The lowest BCUT2D eigenvalue weighted by atomic mass is 10.4. The summed E-state index contributed by atoms with van der Waals surface area (Å²) in [6, 6.07) is 1.04.